The van der Waals surface area contributed by atoms with Crippen molar-refractivity contribution in [3.63, 3.8) is 0 Å². The van der Waals surface area contributed by atoms with Gasteiger partial charge in [-0.1, -0.05) is 11.6 Å². The summed E-state index contributed by atoms with van der Waals surface area (Å²) in [4.78, 5) is 0. The largest absolute Gasteiger partial charge is 0.496 e. The van der Waals surface area contributed by atoms with Gasteiger partial charge in [-0.05, 0) is 37.0 Å². The van der Waals surface area contributed by atoms with E-state index in [1.165, 1.54) is 8.61 Å². The number of ether oxygens (including phenoxy) is 2. The van der Waals surface area contributed by atoms with Gasteiger partial charge in [0, 0.05) is 44.4 Å². The molecule has 1 unspecified atom stereocenters. The molecule has 1 aliphatic rings. The molecule has 0 bridgehead atoms. The molecule has 0 saturated carbocycles. The lowest BCUT2D eigenvalue weighted by atomic mass is 10.0. The summed E-state index contributed by atoms with van der Waals surface area (Å²) in [5.41, 5.74) is 0.738. The van der Waals surface area contributed by atoms with Crippen molar-refractivity contribution in [1.29, 1.82) is 0 Å². The predicted molar refractivity (Wildman–Crippen MR) is 94.6 cm³/mol. The van der Waals surface area contributed by atoms with Gasteiger partial charge in [-0.3, -0.25) is 0 Å². The standard InChI is InChI=1S/C16H25ClN2O4S/c1-18(11-14-9-15(17)6-7-16(14)23-3)24(20,21)19-8-4-5-13(10-19)12-22-2/h6-7,9,13H,4-5,8,10-12H2,1-3H3. The van der Waals surface area contributed by atoms with Gasteiger partial charge in [0.25, 0.3) is 10.2 Å². The summed E-state index contributed by atoms with van der Waals surface area (Å²) in [5.74, 6) is 0.866. The summed E-state index contributed by atoms with van der Waals surface area (Å²) in [7, 11) is 1.24. The van der Waals surface area contributed by atoms with Gasteiger partial charge < -0.3 is 9.47 Å². The minimum absolute atomic E-state index is 0.206. The van der Waals surface area contributed by atoms with E-state index in [9.17, 15) is 8.42 Å². The molecule has 6 nitrogen and oxygen atoms in total. The summed E-state index contributed by atoms with van der Waals surface area (Å²) in [5, 5.41) is 0.551. The molecule has 1 fully saturated rings. The molecule has 0 radical (unpaired) electrons. The van der Waals surface area contributed by atoms with Crippen LogP contribution in [-0.2, 0) is 21.5 Å². The highest BCUT2D eigenvalue weighted by Gasteiger charge is 2.32. The Balaban J connectivity index is 2.13. The monoisotopic (exact) mass is 376 g/mol. The van der Waals surface area contributed by atoms with Crippen LogP contribution in [0.1, 0.15) is 18.4 Å². The fourth-order valence-electron chi connectivity index (χ4n) is 3.00. The van der Waals surface area contributed by atoms with Crippen molar-refractivity contribution in [1.82, 2.24) is 8.61 Å². The second-order valence-corrected chi connectivity index (χ2v) is 8.51. The van der Waals surface area contributed by atoms with Crippen LogP contribution in [0.15, 0.2) is 18.2 Å². The number of rotatable bonds is 7. The number of nitrogens with zero attached hydrogens (tertiary/aromatic N) is 2. The van der Waals surface area contributed by atoms with E-state index in [4.69, 9.17) is 21.1 Å². The van der Waals surface area contributed by atoms with Crippen molar-refractivity contribution >= 4 is 21.8 Å². The molecule has 0 spiro atoms. The van der Waals surface area contributed by atoms with Gasteiger partial charge in [0.15, 0.2) is 0 Å². The van der Waals surface area contributed by atoms with Crippen LogP contribution < -0.4 is 4.74 Å². The van der Waals surface area contributed by atoms with E-state index in [1.807, 2.05) is 0 Å². The molecule has 0 amide bonds. The Morgan fingerprint density at radius 1 is 1.38 bits per heavy atom. The maximum Gasteiger partial charge on any atom is 0.282 e. The fraction of sp³-hybridized carbons (Fsp3) is 0.625. The highest BCUT2D eigenvalue weighted by molar-refractivity contribution is 7.86. The highest BCUT2D eigenvalue weighted by Crippen LogP contribution is 2.26. The van der Waals surface area contributed by atoms with Crippen LogP contribution in [0.3, 0.4) is 0 Å². The average molecular weight is 377 g/mol. The SMILES string of the molecule is COCC1CCCN(S(=O)(=O)N(C)Cc2cc(Cl)ccc2OC)C1. The van der Waals surface area contributed by atoms with Crippen LogP contribution in [0.5, 0.6) is 5.75 Å². The number of methoxy groups -OCH3 is 2. The van der Waals surface area contributed by atoms with E-state index in [0.717, 1.165) is 18.4 Å². The normalized spacial score (nSPS) is 19.6. The smallest absolute Gasteiger partial charge is 0.282 e. The van der Waals surface area contributed by atoms with Gasteiger partial charge in [-0.2, -0.15) is 17.0 Å². The third kappa shape index (κ3) is 4.61. The maximum atomic E-state index is 12.9. The summed E-state index contributed by atoms with van der Waals surface area (Å²) in [6.45, 7) is 1.82. The molecule has 1 heterocycles. The Bertz CT molecular complexity index is 651. The molecule has 1 aromatic carbocycles. The van der Waals surface area contributed by atoms with E-state index < -0.39 is 10.2 Å². The van der Waals surface area contributed by atoms with Crippen LogP contribution in [0.25, 0.3) is 0 Å². The van der Waals surface area contributed by atoms with Crippen molar-refractivity contribution in [2.75, 3.05) is 41.0 Å². The molecular weight excluding hydrogens is 352 g/mol. The third-order valence-electron chi connectivity index (χ3n) is 4.24. The molecule has 136 valence electrons. The Morgan fingerprint density at radius 2 is 2.12 bits per heavy atom. The average Bonchev–Trinajstić information content (AvgIpc) is 2.55. The van der Waals surface area contributed by atoms with E-state index in [0.29, 0.717) is 30.5 Å². The van der Waals surface area contributed by atoms with Gasteiger partial charge in [-0.15, -0.1) is 0 Å². The second kappa shape index (κ2) is 8.49. The summed E-state index contributed by atoms with van der Waals surface area (Å²) in [6.07, 6.45) is 1.84. The van der Waals surface area contributed by atoms with Crippen molar-refractivity contribution in [2.24, 2.45) is 5.92 Å². The predicted octanol–water partition coefficient (Wildman–Crippen LogP) is 2.38. The number of hydrogen-bond donors (Lipinski definition) is 0. The Labute approximate surface area is 149 Å². The van der Waals surface area contributed by atoms with Gasteiger partial charge in [-0.25, -0.2) is 0 Å². The van der Waals surface area contributed by atoms with Crippen LogP contribution in [0.2, 0.25) is 5.02 Å². The molecule has 8 heteroatoms. The van der Waals surface area contributed by atoms with Crippen molar-refractivity contribution < 1.29 is 17.9 Å². The Kier molecular flexibility index (Phi) is 6.88. The topological polar surface area (TPSA) is 59.1 Å². The van der Waals surface area contributed by atoms with Gasteiger partial charge in [0.1, 0.15) is 5.75 Å². The van der Waals surface area contributed by atoms with Gasteiger partial charge in [0.05, 0.1) is 13.7 Å². The van der Waals surface area contributed by atoms with Crippen molar-refractivity contribution in [2.45, 2.75) is 19.4 Å². The molecule has 1 aliphatic heterocycles. The quantitative estimate of drug-likeness (QED) is 0.733. The molecule has 0 aliphatic carbocycles. The van der Waals surface area contributed by atoms with E-state index in [1.54, 1.807) is 39.5 Å². The number of halogens is 1. The van der Waals surface area contributed by atoms with Gasteiger partial charge >= 0.3 is 0 Å². The van der Waals surface area contributed by atoms with Crippen molar-refractivity contribution in [3.05, 3.63) is 28.8 Å². The minimum Gasteiger partial charge on any atom is -0.496 e. The lowest BCUT2D eigenvalue weighted by Crippen LogP contribution is -2.47. The molecule has 0 N–H and O–H groups in total. The van der Waals surface area contributed by atoms with Crippen LogP contribution >= 0.6 is 11.6 Å². The van der Waals surface area contributed by atoms with Crippen molar-refractivity contribution in [3.8, 4) is 5.75 Å². The van der Waals surface area contributed by atoms with E-state index >= 15 is 0 Å². The highest BCUT2D eigenvalue weighted by atomic mass is 35.5. The molecule has 1 saturated heterocycles. The first-order valence-corrected chi connectivity index (χ1v) is 9.68. The number of hydrogen-bond acceptors (Lipinski definition) is 4. The molecule has 2 rings (SSSR count). The maximum absolute atomic E-state index is 12.9. The first-order chi connectivity index (χ1) is 11.4. The lowest BCUT2D eigenvalue weighted by molar-refractivity contribution is 0.116. The first-order valence-electron chi connectivity index (χ1n) is 7.91. The molecule has 1 aromatic rings. The Morgan fingerprint density at radius 3 is 2.79 bits per heavy atom. The zero-order valence-corrected chi connectivity index (χ0v) is 15.9. The van der Waals surface area contributed by atoms with Crippen LogP contribution in [-0.4, -0.2) is 58.0 Å². The van der Waals surface area contributed by atoms with E-state index in [-0.39, 0.29) is 12.5 Å². The molecular formula is C16H25ClN2O4S. The molecule has 24 heavy (non-hydrogen) atoms. The molecule has 0 aromatic heterocycles. The second-order valence-electron chi connectivity index (χ2n) is 6.04. The molecule has 1 atom stereocenters. The minimum atomic E-state index is -3.54. The fourth-order valence-corrected chi connectivity index (χ4v) is 4.65. The number of benzene rings is 1. The lowest BCUT2D eigenvalue weighted by Gasteiger charge is -2.34. The third-order valence-corrected chi connectivity index (χ3v) is 6.38. The van der Waals surface area contributed by atoms with Crippen LogP contribution in [0, 0.1) is 5.92 Å². The summed E-state index contributed by atoms with van der Waals surface area (Å²) < 4.78 is 39.1. The Hall–Kier alpha value is -0.860. The summed E-state index contributed by atoms with van der Waals surface area (Å²) in [6, 6.07) is 5.20. The van der Waals surface area contributed by atoms with Gasteiger partial charge in [0.2, 0.25) is 0 Å². The first kappa shape index (κ1) is 19.5. The zero-order valence-electron chi connectivity index (χ0n) is 14.4. The zero-order chi connectivity index (χ0) is 17.7. The summed E-state index contributed by atoms with van der Waals surface area (Å²) >= 11 is 6.03. The van der Waals surface area contributed by atoms with E-state index in [2.05, 4.69) is 0 Å². The number of piperidine rings is 1. The van der Waals surface area contributed by atoms with Crippen LogP contribution in [0.4, 0.5) is 0 Å².